The van der Waals surface area contributed by atoms with Crippen molar-refractivity contribution < 1.29 is 4.79 Å². The van der Waals surface area contributed by atoms with Crippen LogP contribution in [0.2, 0.25) is 0 Å². The molecule has 0 radical (unpaired) electrons. The number of amides is 1. The van der Waals surface area contributed by atoms with Gasteiger partial charge in [-0.1, -0.05) is 30.3 Å². The maximum absolute atomic E-state index is 12.7. The molecule has 2 aromatic rings. The van der Waals surface area contributed by atoms with E-state index in [9.17, 15) is 4.79 Å². The summed E-state index contributed by atoms with van der Waals surface area (Å²) < 4.78 is 0. The van der Waals surface area contributed by atoms with Crippen LogP contribution in [0.1, 0.15) is 44.1 Å². The molecule has 1 amide bonds. The molecule has 2 aliphatic rings. The van der Waals surface area contributed by atoms with Crippen molar-refractivity contribution in [3.05, 3.63) is 54.1 Å². The predicted octanol–water partition coefficient (Wildman–Crippen LogP) is 4.85. The molecule has 28 heavy (non-hydrogen) atoms. The normalized spacial score (nSPS) is 17.4. The molecule has 4 nitrogen and oxygen atoms in total. The second-order valence-electron chi connectivity index (χ2n) is 8.01. The highest BCUT2D eigenvalue weighted by atomic mass is 16.1. The third kappa shape index (κ3) is 4.67. The number of hydrogen-bond donors (Lipinski definition) is 1. The summed E-state index contributed by atoms with van der Waals surface area (Å²) in [5, 5.41) is 3.19. The van der Waals surface area contributed by atoms with Crippen LogP contribution >= 0.6 is 0 Å². The van der Waals surface area contributed by atoms with Gasteiger partial charge in [0.1, 0.15) is 0 Å². The first-order valence-corrected chi connectivity index (χ1v) is 10.8. The van der Waals surface area contributed by atoms with Gasteiger partial charge in [-0.25, -0.2) is 0 Å². The van der Waals surface area contributed by atoms with E-state index < -0.39 is 0 Å². The van der Waals surface area contributed by atoms with Crippen molar-refractivity contribution in [2.45, 2.75) is 44.9 Å². The van der Waals surface area contributed by atoms with Crippen LogP contribution in [0.5, 0.6) is 0 Å². The topological polar surface area (TPSA) is 35.6 Å². The van der Waals surface area contributed by atoms with E-state index in [-0.39, 0.29) is 5.91 Å². The summed E-state index contributed by atoms with van der Waals surface area (Å²) in [5.41, 5.74) is 4.47. The molecular weight excluding hydrogens is 346 g/mol. The van der Waals surface area contributed by atoms with E-state index in [0.717, 1.165) is 37.4 Å². The first-order chi connectivity index (χ1) is 13.8. The Balaban J connectivity index is 1.55. The molecule has 0 atom stereocenters. The number of carbonyl (C=O) groups is 1. The highest BCUT2D eigenvalue weighted by molar-refractivity contribution is 5.96. The van der Waals surface area contributed by atoms with Gasteiger partial charge in [-0.05, 0) is 62.3 Å². The van der Waals surface area contributed by atoms with Gasteiger partial charge >= 0.3 is 0 Å². The van der Waals surface area contributed by atoms with Crippen LogP contribution < -0.4 is 15.1 Å². The number of rotatable bonds is 5. The summed E-state index contributed by atoms with van der Waals surface area (Å²) in [6, 6.07) is 16.5. The molecule has 2 saturated heterocycles. The Morgan fingerprint density at radius 1 is 0.786 bits per heavy atom. The summed E-state index contributed by atoms with van der Waals surface area (Å²) in [5.74, 6) is 0.0511. The smallest absolute Gasteiger partial charge is 0.228 e. The van der Waals surface area contributed by atoms with Crippen molar-refractivity contribution in [3.8, 4) is 0 Å². The van der Waals surface area contributed by atoms with Crippen molar-refractivity contribution in [2.75, 3.05) is 41.3 Å². The van der Waals surface area contributed by atoms with Crippen LogP contribution in [0.4, 0.5) is 17.1 Å². The molecule has 2 aromatic carbocycles. The molecule has 4 rings (SSSR count). The number of piperidine rings is 2. The number of anilines is 3. The van der Waals surface area contributed by atoms with Crippen LogP contribution in [0.15, 0.2) is 48.5 Å². The van der Waals surface area contributed by atoms with E-state index in [1.54, 1.807) is 0 Å². The summed E-state index contributed by atoms with van der Waals surface area (Å²) >= 11 is 0. The molecule has 0 saturated carbocycles. The second kappa shape index (κ2) is 9.13. The molecule has 2 fully saturated rings. The highest BCUT2D eigenvalue weighted by Gasteiger charge is 2.19. The third-order valence-electron chi connectivity index (χ3n) is 5.88. The van der Waals surface area contributed by atoms with E-state index in [1.807, 2.05) is 30.3 Å². The lowest BCUT2D eigenvalue weighted by Crippen LogP contribution is -2.32. The maximum atomic E-state index is 12.7. The number of carbonyl (C=O) groups excluding carboxylic acids is 1. The fourth-order valence-corrected chi connectivity index (χ4v) is 4.35. The van der Waals surface area contributed by atoms with Crippen molar-refractivity contribution >= 4 is 23.0 Å². The molecular formula is C24H31N3O. The minimum atomic E-state index is 0.0511. The monoisotopic (exact) mass is 377 g/mol. The van der Waals surface area contributed by atoms with Crippen molar-refractivity contribution in [2.24, 2.45) is 0 Å². The van der Waals surface area contributed by atoms with Crippen molar-refractivity contribution in [1.82, 2.24) is 0 Å². The molecule has 1 N–H and O–H groups in total. The van der Waals surface area contributed by atoms with Crippen LogP contribution in [0.3, 0.4) is 0 Å². The largest absolute Gasteiger partial charge is 0.371 e. The Hall–Kier alpha value is -2.49. The Morgan fingerprint density at radius 2 is 1.43 bits per heavy atom. The second-order valence-corrected chi connectivity index (χ2v) is 8.01. The Kier molecular flexibility index (Phi) is 6.15. The third-order valence-corrected chi connectivity index (χ3v) is 5.88. The standard InChI is InChI=1S/C24H31N3O/c28-24(18-20-10-4-1-5-11-20)25-22-13-12-21(26-14-6-2-7-15-26)19-23(22)27-16-8-3-9-17-27/h1,4-5,10-13,19H,2-3,6-9,14-18H2,(H,25,28). The van der Waals surface area contributed by atoms with Gasteiger partial charge in [-0.2, -0.15) is 0 Å². The molecule has 0 bridgehead atoms. The lowest BCUT2D eigenvalue weighted by atomic mass is 10.1. The Labute approximate surface area is 168 Å². The number of nitrogens with zero attached hydrogens (tertiary/aromatic N) is 2. The zero-order chi connectivity index (χ0) is 19.2. The first-order valence-electron chi connectivity index (χ1n) is 10.8. The van der Waals surface area contributed by atoms with Crippen LogP contribution in [0.25, 0.3) is 0 Å². The molecule has 148 valence electrons. The SMILES string of the molecule is O=C(Cc1ccccc1)Nc1ccc(N2CCCCC2)cc1N1CCCCC1. The quantitative estimate of drug-likeness (QED) is 0.809. The Morgan fingerprint density at radius 3 is 2.11 bits per heavy atom. The van der Waals surface area contributed by atoms with Gasteiger partial charge < -0.3 is 15.1 Å². The zero-order valence-corrected chi connectivity index (χ0v) is 16.7. The van der Waals surface area contributed by atoms with Gasteiger partial charge in [0, 0.05) is 31.9 Å². The average molecular weight is 378 g/mol. The van der Waals surface area contributed by atoms with E-state index in [4.69, 9.17) is 0 Å². The van der Waals surface area contributed by atoms with Crippen molar-refractivity contribution in [1.29, 1.82) is 0 Å². The molecule has 0 spiro atoms. The molecule has 2 heterocycles. The van der Waals surface area contributed by atoms with Gasteiger partial charge in [-0.3, -0.25) is 4.79 Å². The summed E-state index contributed by atoms with van der Waals surface area (Å²) in [6.07, 6.45) is 8.05. The maximum Gasteiger partial charge on any atom is 0.228 e. The van der Waals surface area contributed by atoms with Gasteiger partial charge in [0.2, 0.25) is 5.91 Å². The van der Waals surface area contributed by atoms with Crippen molar-refractivity contribution in [3.63, 3.8) is 0 Å². The highest BCUT2D eigenvalue weighted by Crippen LogP contribution is 2.34. The van der Waals surface area contributed by atoms with Gasteiger partial charge in [0.05, 0.1) is 17.8 Å². The lowest BCUT2D eigenvalue weighted by molar-refractivity contribution is -0.115. The molecule has 0 aliphatic carbocycles. The first kappa shape index (κ1) is 18.9. The van der Waals surface area contributed by atoms with Crippen LogP contribution in [-0.4, -0.2) is 32.1 Å². The van der Waals surface area contributed by atoms with Crippen LogP contribution in [-0.2, 0) is 11.2 Å². The Bertz CT molecular complexity index is 778. The van der Waals surface area contributed by atoms with E-state index in [1.165, 1.54) is 49.9 Å². The lowest BCUT2D eigenvalue weighted by Gasteiger charge is -2.33. The summed E-state index contributed by atoms with van der Waals surface area (Å²) in [7, 11) is 0. The van der Waals surface area contributed by atoms with Gasteiger partial charge in [-0.15, -0.1) is 0 Å². The minimum absolute atomic E-state index is 0.0511. The van der Waals surface area contributed by atoms with Gasteiger partial charge in [0.25, 0.3) is 0 Å². The number of nitrogens with one attached hydrogen (secondary N) is 1. The molecule has 2 aliphatic heterocycles. The van der Waals surface area contributed by atoms with Gasteiger partial charge in [0.15, 0.2) is 0 Å². The number of benzene rings is 2. The average Bonchev–Trinajstić information content (AvgIpc) is 2.76. The molecule has 0 unspecified atom stereocenters. The van der Waals surface area contributed by atoms with E-state index >= 15 is 0 Å². The van der Waals surface area contributed by atoms with Crippen LogP contribution in [0, 0.1) is 0 Å². The van der Waals surface area contributed by atoms with E-state index in [2.05, 4.69) is 33.3 Å². The predicted molar refractivity (Wildman–Crippen MR) is 117 cm³/mol. The number of hydrogen-bond acceptors (Lipinski definition) is 3. The minimum Gasteiger partial charge on any atom is -0.371 e. The fourth-order valence-electron chi connectivity index (χ4n) is 4.35. The molecule has 4 heteroatoms. The summed E-state index contributed by atoms with van der Waals surface area (Å²) in [6.45, 7) is 4.42. The zero-order valence-electron chi connectivity index (χ0n) is 16.7. The molecule has 0 aromatic heterocycles. The fraction of sp³-hybridized carbons (Fsp3) is 0.458. The van der Waals surface area contributed by atoms with E-state index in [0.29, 0.717) is 6.42 Å². The summed E-state index contributed by atoms with van der Waals surface area (Å²) in [4.78, 5) is 17.6.